The van der Waals surface area contributed by atoms with Crippen LogP contribution >= 0.6 is 0 Å². The van der Waals surface area contributed by atoms with Crippen molar-refractivity contribution in [2.75, 3.05) is 19.0 Å². The molecule has 0 aliphatic heterocycles. The molecule has 10 nitrogen and oxygen atoms in total. The van der Waals surface area contributed by atoms with Crippen LogP contribution in [-0.4, -0.2) is 40.2 Å². The van der Waals surface area contributed by atoms with E-state index in [1.54, 1.807) is 67.2 Å². The average molecular weight is 513 g/mol. The van der Waals surface area contributed by atoms with Gasteiger partial charge in [-0.15, -0.1) is 0 Å². The summed E-state index contributed by atoms with van der Waals surface area (Å²) >= 11 is 0. The quantitative estimate of drug-likeness (QED) is 0.274. The topological polar surface area (TPSA) is 117 Å². The number of aromatic nitrogens is 3. The van der Waals surface area contributed by atoms with E-state index in [1.807, 2.05) is 24.3 Å². The molecule has 0 spiro atoms. The maximum atomic E-state index is 12.9. The maximum absolute atomic E-state index is 12.9. The summed E-state index contributed by atoms with van der Waals surface area (Å²) in [7, 11) is 1.57. The largest absolute Gasteiger partial charge is 0.493 e. The Hall–Kier alpha value is -5.12. The maximum Gasteiger partial charge on any atom is 0.343 e. The lowest BCUT2D eigenvalue weighted by Gasteiger charge is -2.09. The Labute approximate surface area is 217 Å². The van der Waals surface area contributed by atoms with Gasteiger partial charge >= 0.3 is 5.97 Å². The highest BCUT2D eigenvalue weighted by atomic mass is 16.5. The fourth-order valence-corrected chi connectivity index (χ4v) is 3.88. The molecule has 3 heterocycles. The van der Waals surface area contributed by atoms with E-state index in [4.69, 9.17) is 18.6 Å². The van der Waals surface area contributed by atoms with Gasteiger partial charge in [0.05, 0.1) is 25.6 Å². The van der Waals surface area contributed by atoms with Crippen LogP contribution in [0.25, 0.3) is 16.9 Å². The molecule has 5 rings (SSSR count). The Morgan fingerprint density at radius 2 is 1.87 bits per heavy atom. The van der Waals surface area contributed by atoms with E-state index < -0.39 is 11.9 Å². The van der Waals surface area contributed by atoms with Crippen molar-refractivity contribution in [3.05, 3.63) is 96.2 Å². The molecule has 0 aliphatic rings. The first-order valence-electron chi connectivity index (χ1n) is 11.8. The Morgan fingerprint density at radius 3 is 2.68 bits per heavy atom. The first-order chi connectivity index (χ1) is 18.6. The molecule has 0 saturated carbocycles. The zero-order valence-corrected chi connectivity index (χ0v) is 20.7. The van der Waals surface area contributed by atoms with Crippen molar-refractivity contribution in [2.45, 2.75) is 13.5 Å². The third-order valence-corrected chi connectivity index (χ3v) is 5.64. The molecule has 0 radical (unpaired) electrons. The number of hydrogen-bond donors (Lipinski definition) is 1. The fourth-order valence-electron chi connectivity index (χ4n) is 3.88. The lowest BCUT2D eigenvalue weighted by molar-refractivity contribution is 0.0528. The number of nitrogens with zero attached hydrogens (tertiary/aromatic N) is 3. The Bertz CT molecular complexity index is 1610. The van der Waals surface area contributed by atoms with Gasteiger partial charge in [0.1, 0.15) is 17.9 Å². The van der Waals surface area contributed by atoms with Gasteiger partial charge in [-0.05, 0) is 49.4 Å². The molecule has 0 fully saturated rings. The van der Waals surface area contributed by atoms with Gasteiger partial charge in [0.2, 0.25) is 0 Å². The number of anilines is 1. The molecule has 3 aromatic heterocycles. The minimum atomic E-state index is -0.487. The summed E-state index contributed by atoms with van der Waals surface area (Å²) in [5, 5.41) is 7.17. The number of methoxy groups -OCH3 is 1. The second-order valence-corrected chi connectivity index (χ2v) is 8.08. The summed E-state index contributed by atoms with van der Waals surface area (Å²) in [4.78, 5) is 29.4. The van der Waals surface area contributed by atoms with Gasteiger partial charge in [0, 0.05) is 17.4 Å². The second kappa shape index (κ2) is 10.9. The molecule has 0 unspecified atom stereocenters. The Morgan fingerprint density at radius 1 is 1.03 bits per heavy atom. The van der Waals surface area contributed by atoms with Crippen LogP contribution in [0.1, 0.15) is 33.6 Å². The minimum absolute atomic E-state index is 0.138. The van der Waals surface area contributed by atoms with Gasteiger partial charge in [-0.3, -0.25) is 4.79 Å². The van der Waals surface area contributed by atoms with Gasteiger partial charge in [-0.1, -0.05) is 24.3 Å². The van der Waals surface area contributed by atoms with Crippen molar-refractivity contribution in [3.8, 4) is 22.8 Å². The van der Waals surface area contributed by atoms with E-state index in [1.165, 1.54) is 6.20 Å². The highest BCUT2D eigenvalue weighted by Crippen LogP contribution is 2.27. The highest BCUT2D eigenvalue weighted by molar-refractivity contribution is 6.02. The van der Waals surface area contributed by atoms with Gasteiger partial charge in [-0.2, -0.15) is 5.10 Å². The summed E-state index contributed by atoms with van der Waals surface area (Å²) in [6.07, 6.45) is 3.03. The summed E-state index contributed by atoms with van der Waals surface area (Å²) in [5.74, 6) is 0.923. The minimum Gasteiger partial charge on any atom is -0.493 e. The molecule has 0 saturated heterocycles. The zero-order valence-electron chi connectivity index (χ0n) is 20.7. The monoisotopic (exact) mass is 512 g/mol. The lowest BCUT2D eigenvalue weighted by Crippen LogP contribution is -2.11. The van der Waals surface area contributed by atoms with E-state index in [9.17, 15) is 9.59 Å². The number of rotatable bonds is 9. The van der Waals surface area contributed by atoms with Gasteiger partial charge in [0.25, 0.3) is 5.91 Å². The number of fused-ring (bicyclic) bond motifs is 1. The van der Waals surface area contributed by atoms with Gasteiger partial charge < -0.3 is 23.9 Å². The molecule has 0 atom stereocenters. The van der Waals surface area contributed by atoms with Gasteiger partial charge in [0.15, 0.2) is 22.9 Å². The molecule has 0 aliphatic carbocycles. The second-order valence-electron chi connectivity index (χ2n) is 8.08. The summed E-state index contributed by atoms with van der Waals surface area (Å²) in [5.41, 5.74) is 2.67. The van der Waals surface area contributed by atoms with Crippen LogP contribution in [0.2, 0.25) is 0 Å². The van der Waals surface area contributed by atoms with Gasteiger partial charge in [-0.25, -0.2) is 14.3 Å². The smallest absolute Gasteiger partial charge is 0.343 e. The molecule has 5 aromatic rings. The third kappa shape index (κ3) is 5.05. The molecule has 1 amide bonds. The Kier molecular flexibility index (Phi) is 7.03. The lowest BCUT2D eigenvalue weighted by atomic mass is 10.1. The van der Waals surface area contributed by atoms with Crippen LogP contribution in [-0.2, 0) is 11.3 Å². The van der Waals surface area contributed by atoms with E-state index in [0.717, 1.165) is 5.56 Å². The molecular formula is C28H24N4O6. The van der Waals surface area contributed by atoms with Crippen LogP contribution in [0.3, 0.4) is 0 Å². The van der Waals surface area contributed by atoms with Crippen molar-refractivity contribution >= 4 is 23.2 Å². The number of hydrogen-bond acceptors (Lipinski definition) is 8. The molecular weight excluding hydrogens is 488 g/mol. The number of amides is 1. The fraction of sp³-hybridized carbons (Fsp3) is 0.143. The number of carbonyl (C=O) groups excluding carboxylic acids is 2. The summed E-state index contributed by atoms with van der Waals surface area (Å²) < 4.78 is 23.4. The van der Waals surface area contributed by atoms with E-state index in [0.29, 0.717) is 34.3 Å². The number of benzene rings is 2. The summed E-state index contributed by atoms with van der Waals surface area (Å²) in [6.45, 7) is 2.13. The van der Waals surface area contributed by atoms with Crippen LogP contribution in [0.15, 0.2) is 83.5 Å². The van der Waals surface area contributed by atoms with Crippen LogP contribution in [0, 0.1) is 0 Å². The summed E-state index contributed by atoms with van der Waals surface area (Å²) in [6, 6.07) is 19.6. The van der Waals surface area contributed by atoms with Crippen molar-refractivity contribution in [2.24, 2.45) is 0 Å². The molecule has 2 aromatic carbocycles. The number of ether oxygens (including phenoxy) is 3. The van der Waals surface area contributed by atoms with Crippen LogP contribution < -0.4 is 14.8 Å². The molecule has 38 heavy (non-hydrogen) atoms. The van der Waals surface area contributed by atoms with Crippen LogP contribution in [0.5, 0.6) is 11.5 Å². The average Bonchev–Trinajstić information content (AvgIpc) is 3.60. The predicted octanol–water partition coefficient (Wildman–Crippen LogP) is 5.01. The van der Waals surface area contributed by atoms with E-state index >= 15 is 0 Å². The molecule has 1 N–H and O–H groups in total. The zero-order chi connectivity index (χ0) is 26.5. The predicted molar refractivity (Wildman–Crippen MR) is 138 cm³/mol. The van der Waals surface area contributed by atoms with Crippen molar-refractivity contribution in [3.63, 3.8) is 0 Å². The Balaban J connectivity index is 1.30. The van der Waals surface area contributed by atoms with Crippen molar-refractivity contribution < 1.29 is 28.2 Å². The molecule has 0 bridgehead atoms. The highest BCUT2D eigenvalue weighted by Gasteiger charge is 2.18. The molecule has 192 valence electrons. The number of nitrogens with one attached hydrogen (secondary N) is 1. The van der Waals surface area contributed by atoms with Crippen molar-refractivity contribution in [1.82, 2.24) is 14.6 Å². The first-order valence-corrected chi connectivity index (χ1v) is 11.8. The normalized spacial score (nSPS) is 10.8. The standard InChI is InChI=1S/C28H24N4O6/c1-3-36-28(34)21-16-30-32-22(13-14-29-26(21)32)18-7-6-8-19(15-18)31-27(33)25-12-11-20(38-25)17-37-24-10-5-4-9-23(24)35-2/h4-16H,3,17H2,1-2H3,(H,31,33). The number of para-hydroxylation sites is 2. The number of carbonyl (C=O) groups is 2. The van der Waals surface area contributed by atoms with E-state index in [2.05, 4.69) is 15.4 Å². The first kappa shape index (κ1) is 24.6. The van der Waals surface area contributed by atoms with Crippen LogP contribution in [0.4, 0.5) is 5.69 Å². The number of esters is 1. The van der Waals surface area contributed by atoms with E-state index in [-0.39, 0.29) is 24.5 Å². The molecule has 10 heteroatoms. The number of furan rings is 1. The SMILES string of the molecule is CCOC(=O)c1cnn2c(-c3cccc(NC(=O)c4ccc(COc5ccccc5OC)o4)c3)ccnc12. The van der Waals surface area contributed by atoms with Crippen molar-refractivity contribution in [1.29, 1.82) is 0 Å². The third-order valence-electron chi connectivity index (χ3n) is 5.64.